The number of esters is 1. The molecule has 15 heavy (non-hydrogen) atoms. The predicted molar refractivity (Wildman–Crippen MR) is 54.2 cm³/mol. The molecular weight excluding hydrogens is 196 g/mol. The van der Waals surface area contributed by atoms with Gasteiger partial charge in [0.05, 0.1) is 13.2 Å². The maximum absolute atomic E-state index is 10.9. The monoisotopic (exact) mass is 210 g/mol. The van der Waals surface area contributed by atoms with E-state index in [9.17, 15) is 15.0 Å². The number of methoxy groups -OCH3 is 1. The molecule has 2 N–H and O–H groups in total. The summed E-state index contributed by atoms with van der Waals surface area (Å²) in [7, 11) is 1.17. The molecule has 0 amide bonds. The molecule has 0 spiro atoms. The van der Waals surface area contributed by atoms with Crippen LogP contribution in [0.5, 0.6) is 0 Å². The average molecular weight is 210 g/mol. The molecule has 2 atom stereocenters. The van der Waals surface area contributed by atoms with Gasteiger partial charge >= 0.3 is 5.97 Å². The fourth-order valence-corrected chi connectivity index (χ4v) is 1.25. The maximum atomic E-state index is 10.9. The summed E-state index contributed by atoms with van der Waals surface area (Å²) in [6, 6.07) is 9.13. The quantitative estimate of drug-likeness (QED) is 0.693. The van der Waals surface area contributed by atoms with E-state index in [4.69, 9.17) is 0 Å². The summed E-state index contributed by atoms with van der Waals surface area (Å²) < 4.78 is 4.32. The highest BCUT2D eigenvalue weighted by molar-refractivity contribution is 5.74. The molecule has 0 aliphatic carbocycles. The van der Waals surface area contributed by atoms with Gasteiger partial charge in [-0.15, -0.1) is 0 Å². The molecule has 4 nitrogen and oxygen atoms in total. The third-order valence-corrected chi connectivity index (χ3v) is 2.09. The summed E-state index contributed by atoms with van der Waals surface area (Å²) >= 11 is 0. The van der Waals surface area contributed by atoms with Gasteiger partial charge < -0.3 is 14.9 Å². The fraction of sp³-hybridized carbons (Fsp3) is 0.364. The minimum absolute atomic E-state index is 0.219. The van der Waals surface area contributed by atoms with E-state index in [-0.39, 0.29) is 6.42 Å². The van der Waals surface area contributed by atoms with E-state index >= 15 is 0 Å². The van der Waals surface area contributed by atoms with Crippen molar-refractivity contribution in [3.63, 3.8) is 0 Å². The van der Waals surface area contributed by atoms with Crippen LogP contribution in [0.3, 0.4) is 0 Å². The molecule has 0 bridgehead atoms. The molecule has 1 rings (SSSR count). The standard InChI is InChI=1S/C11H14O4/c1-15-11(14)10(13)9(12)7-8-5-3-2-4-6-8/h2-6,9-10,12-13H,7H2,1H3/t9?,10-/m1/s1. The number of carbonyl (C=O) groups is 1. The van der Waals surface area contributed by atoms with Crippen molar-refractivity contribution in [2.24, 2.45) is 0 Å². The van der Waals surface area contributed by atoms with Gasteiger partial charge in [0, 0.05) is 6.42 Å². The Kier molecular flexibility index (Phi) is 4.27. The first-order valence-electron chi connectivity index (χ1n) is 4.63. The molecule has 0 heterocycles. The Morgan fingerprint density at radius 1 is 1.33 bits per heavy atom. The van der Waals surface area contributed by atoms with Crippen molar-refractivity contribution in [1.82, 2.24) is 0 Å². The molecule has 1 unspecified atom stereocenters. The van der Waals surface area contributed by atoms with Gasteiger partial charge in [0.25, 0.3) is 0 Å². The zero-order valence-corrected chi connectivity index (χ0v) is 8.46. The van der Waals surface area contributed by atoms with Gasteiger partial charge in [-0.25, -0.2) is 4.79 Å². The smallest absolute Gasteiger partial charge is 0.337 e. The molecule has 0 fully saturated rings. The predicted octanol–water partition coefficient (Wildman–Crippen LogP) is 0.124. The molecule has 0 aromatic heterocycles. The highest BCUT2D eigenvalue weighted by Crippen LogP contribution is 2.06. The van der Waals surface area contributed by atoms with Crippen molar-refractivity contribution in [3.05, 3.63) is 35.9 Å². The van der Waals surface area contributed by atoms with Gasteiger partial charge in [0.1, 0.15) is 0 Å². The molecule has 0 saturated carbocycles. The highest BCUT2D eigenvalue weighted by atomic mass is 16.5. The lowest BCUT2D eigenvalue weighted by Gasteiger charge is -2.15. The Morgan fingerprint density at radius 3 is 2.47 bits per heavy atom. The van der Waals surface area contributed by atoms with Crippen LogP contribution in [0.2, 0.25) is 0 Å². The topological polar surface area (TPSA) is 66.8 Å². The van der Waals surface area contributed by atoms with E-state index in [1.807, 2.05) is 30.3 Å². The van der Waals surface area contributed by atoms with E-state index in [0.29, 0.717) is 0 Å². The Labute approximate surface area is 88.1 Å². The van der Waals surface area contributed by atoms with Gasteiger partial charge in [-0.1, -0.05) is 30.3 Å². The molecule has 0 saturated heterocycles. The normalized spacial score (nSPS) is 14.3. The third-order valence-electron chi connectivity index (χ3n) is 2.09. The van der Waals surface area contributed by atoms with E-state index in [2.05, 4.69) is 4.74 Å². The van der Waals surface area contributed by atoms with Crippen LogP contribution in [-0.4, -0.2) is 35.5 Å². The minimum Gasteiger partial charge on any atom is -0.467 e. The van der Waals surface area contributed by atoms with Crippen LogP contribution < -0.4 is 0 Å². The van der Waals surface area contributed by atoms with Crippen LogP contribution in [0, 0.1) is 0 Å². The third kappa shape index (κ3) is 3.34. The van der Waals surface area contributed by atoms with E-state index < -0.39 is 18.2 Å². The Balaban J connectivity index is 2.56. The molecule has 0 aliphatic rings. The molecule has 4 heteroatoms. The van der Waals surface area contributed by atoms with Crippen LogP contribution in [0.4, 0.5) is 0 Å². The molecule has 1 aromatic rings. The van der Waals surface area contributed by atoms with Crippen LogP contribution in [-0.2, 0) is 16.0 Å². The number of rotatable bonds is 4. The summed E-state index contributed by atoms with van der Waals surface area (Å²) in [5.41, 5.74) is 0.855. The maximum Gasteiger partial charge on any atom is 0.337 e. The van der Waals surface area contributed by atoms with Crippen molar-refractivity contribution in [1.29, 1.82) is 0 Å². The van der Waals surface area contributed by atoms with Gasteiger partial charge in [-0.2, -0.15) is 0 Å². The first-order chi connectivity index (χ1) is 7.15. The Morgan fingerprint density at radius 2 is 1.93 bits per heavy atom. The van der Waals surface area contributed by atoms with E-state index in [1.54, 1.807) is 0 Å². The number of aliphatic hydroxyl groups is 2. The second-order valence-corrected chi connectivity index (χ2v) is 3.23. The second kappa shape index (κ2) is 5.48. The van der Waals surface area contributed by atoms with Gasteiger partial charge in [-0.3, -0.25) is 0 Å². The van der Waals surface area contributed by atoms with Crippen molar-refractivity contribution in [2.45, 2.75) is 18.6 Å². The van der Waals surface area contributed by atoms with Crippen molar-refractivity contribution in [3.8, 4) is 0 Å². The first kappa shape index (κ1) is 11.7. The van der Waals surface area contributed by atoms with Crippen LogP contribution in [0.25, 0.3) is 0 Å². The number of hydrogen-bond donors (Lipinski definition) is 2. The molecule has 0 radical (unpaired) electrons. The largest absolute Gasteiger partial charge is 0.467 e. The van der Waals surface area contributed by atoms with Gasteiger partial charge in [0.15, 0.2) is 6.10 Å². The van der Waals surface area contributed by atoms with Gasteiger partial charge in [0.2, 0.25) is 0 Å². The summed E-state index contributed by atoms with van der Waals surface area (Å²) in [6.07, 6.45) is -2.41. The van der Waals surface area contributed by atoms with Crippen molar-refractivity contribution in [2.75, 3.05) is 7.11 Å². The average Bonchev–Trinajstić information content (AvgIpc) is 2.28. The highest BCUT2D eigenvalue weighted by Gasteiger charge is 2.24. The summed E-state index contributed by atoms with van der Waals surface area (Å²) in [4.78, 5) is 10.9. The lowest BCUT2D eigenvalue weighted by molar-refractivity contribution is -0.156. The number of hydrogen-bond acceptors (Lipinski definition) is 4. The molecule has 0 aliphatic heterocycles. The van der Waals surface area contributed by atoms with Crippen LogP contribution in [0.15, 0.2) is 30.3 Å². The summed E-state index contributed by atoms with van der Waals surface area (Å²) in [5.74, 6) is -0.821. The van der Waals surface area contributed by atoms with E-state index in [0.717, 1.165) is 5.56 Å². The van der Waals surface area contributed by atoms with Crippen molar-refractivity contribution >= 4 is 5.97 Å². The molecule has 82 valence electrons. The zero-order chi connectivity index (χ0) is 11.3. The number of ether oxygens (including phenoxy) is 1. The minimum atomic E-state index is -1.49. The lowest BCUT2D eigenvalue weighted by Crippen LogP contribution is -2.36. The first-order valence-corrected chi connectivity index (χ1v) is 4.63. The fourth-order valence-electron chi connectivity index (χ4n) is 1.25. The number of aliphatic hydroxyl groups excluding tert-OH is 2. The van der Waals surface area contributed by atoms with Crippen LogP contribution >= 0.6 is 0 Å². The summed E-state index contributed by atoms with van der Waals surface area (Å²) in [6.45, 7) is 0. The lowest BCUT2D eigenvalue weighted by atomic mass is 10.0. The van der Waals surface area contributed by atoms with Crippen molar-refractivity contribution < 1.29 is 19.7 Å². The number of benzene rings is 1. The Bertz CT molecular complexity index is 310. The molecular formula is C11H14O4. The molecule has 1 aromatic carbocycles. The summed E-state index contributed by atoms with van der Waals surface area (Å²) in [5, 5.41) is 18.8. The van der Waals surface area contributed by atoms with Gasteiger partial charge in [-0.05, 0) is 5.56 Å². The number of carbonyl (C=O) groups excluding carboxylic acids is 1. The zero-order valence-electron chi connectivity index (χ0n) is 8.46. The SMILES string of the molecule is COC(=O)[C@H](O)C(O)Cc1ccccc1. The van der Waals surface area contributed by atoms with Crippen LogP contribution in [0.1, 0.15) is 5.56 Å². The Hall–Kier alpha value is -1.39. The van der Waals surface area contributed by atoms with E-state index in [1.165, 1.54) is 7.11 Å². The second-order valence-electron chi connectivity index (χ2n) is 3.23.